The van der Waals surface area contributed by atoms with Crippen molar-refractivity contribution in [2.45, 2.75) is 31.9 Å². The minimum Gasteiger partial charge on any atom is -0.483 e. The molecule has 22 heavy (non-hydrogen) atoms. The van der Waals surface area contributed by atoms with Gasteiger partial charge < -0.3 is 14.9 Å². The van der Waals surface area contributed by atoms with E-state index in [0.29, 0.717) is 18.1 Å². The summed E-state index contributed by atoms with van der Waals surface area (Å²) in [5.41, 5.74) is 0.878. The molecule has 1 heterocycles. The Morgan fingerprint density at radius 1 is 1.45 bits per heavy atom. The van der Waals surface area contributed by atoms with Gasteiger partial charge in [-0.3, -0.25) is 4.21 Å². The number of rotatable bonds is 6. The minimum atomic E-state index is -1.04. The summed E-state index contributed by atoms with van der Waals surface area (Å²) in [7, 11) is -1.04. The number of hydrogen-bond acceptors (Lipinski definition) is 5. The van der Waals surface area contributed by atoms with Gasteiger partial charge in [-0.2, -0.15) is 0 Å². The first kappa shape index (κ1) is 16.2. The molecular formula is C14H17N3O4S. The molecule has 0 N–H and O–H groups in total. The van der Waals surface area contributed by atoms with Crippen LogP contribution in [-0.2, 0) is 24.0 Å². The number of hydrogen-bond donors (Lipinski definition) is 0. The molecular weight excluding hydrogens is 306 g/mol. The normalized spacial score (nSPS) is 12.1. The van der Waals surface area contributed by atoms with Crippen LogP contribution in [0.15, 0.2) is 29.3 Å². The summed E-state index contributed by atoms with van der Waals surface area (Å²) >= 11 is 0. The zero-order valence-electron chi connectivity index (χ0n) is 12.6. The molecule has 1 aromatic heterocycles. The Morgan fingerprint density at radius 2 is 2.18 bits per heavy atom. The molecule has 7 nitrogen and oxygen atoms in total. The largest absolute Gasteiger partial charge is 0.483 e. The fraction of sp³-hybridized carbons (Fsp3) is 0.357. The predicted molar refractivity (Wildman–Crippen MR) is 82.4 cm³/mol. The first-order valence-electron chi connectivity index (χ1n) is 6.69. The second-order valence-electron chi connectivity index (χ2n) is 4.70. The predicted octanol–water partition coefficient (Wildman–Crippen LogP) is 2.44. The van der Waals surface area contributed by atoms with E-state index in [1.54, 1.807) is 24.5 Å². The minimum absolute atomic E-state index is 0.0472. The van der Waals surface area contributed by atoms with E-state index in [1.165, 1.54) is 10.8 Å². The maximum absolute atomic E-state index is 11.5. The molecule has 0 aliphatic rings. The van der Waals surface area contributed by atoms with Gasteiger partial charge in [0.15, 0.2) is 6.61 Å². The van der Waals surface area contributed by atoms with E-state index in [4.69, 9.17) is 4.74 Å². The van der Waals surface area contributed by atoms with Crippen molar-refractivity contribution in [3.63, 3.8) is 0 Å². The van der Waals surface area contributed by atoms with Gasteiger partial charge in [-0.05, 0) is 42.5 Å². The standard InChI is InChI=1S/C14H17N3O4S/c1-4-16-13(15-8-14(16)17(18)19)9-21-11-5-6-12(22(3)20)10(2)7-11/h5-8H,4,9H2,1-3H3. The molecule has 0 fully saturated rings. The van der Waals surface area contributed by atoms with E-state index >= 15 is 0 Å². The van der Waals surface area contributed by atoms with E-state index in [2.05, 4.69) is 4.98 Å². The lowest BCUT2D eigenvalue weighted by atomic mass is 10.2. The molecule has 1 atom stereocenters. The van der Waals surface area contributed by atoms with Crippen LogP contribution in [0.1, 0.15) is 18.3 Å². The number of nitrogens with zero attached hydrogens (tertiary/aromatic N) is 3. The molecule has 8 heteroatoms. The summed E-state index contributed by atoms with van der Waals surface area (Å²) in [4.78, 5) is 15.2. The van der Waals surface area contributed by atoms with Gasteiger partial charge in [-0.25, -0.2) is 9.55 Å². The monoisotopic (exact) mass is 323 g/mol. The van der Waals surface area contributed by atoms with E-state index < -0.39 is 15.7 Å². The lowest BCUT2D eigenvalue weighted by Crippen LogP contribution is -2.08. The number of imidazole rings is 1. The maximum Gasteiger partial charge on any atom is 0.342 e. The lowest BCUT2D eigenvalue weighted by Gasteiger charge is -2.08. The number of aryl methyl sites for hydroxylation is 1. The molecule has 1 aromatic carbocycles. The highest BCUT2D eigenvalue weighted by Crippen LogP contribution is 2.21. The van der Waals surface area contributed by atoms with Crippen molar-refractivity contribution < 1.29 is 13.9 Å². The molecule has 1 unspecified atom stereocenters. The molecule has 0 radical (unpaired) electrons. The van der Waals surface area contributed by atoms with E-state index in [-0.39, 0.29) is 12.4 Å². The van der Waals surface area contributed by atoms with Crippen molar-refractivity contribution in [3.8, 4) is 5.75 Å². The van der Waals surface area contributed by atoms with Gasteiger partial charge in [-0.1, -0.05) is 0 Å². The van der Waals surface area contributed by atoms with Crippen molar-refractivity contribution in [1.82, 2.24) is 9.55 Å². The fourth-order valence-corrected chi connectivity index (χ4v) is 2.96. The van der Waals surface area contributed by atoms with Crippen molar-refractivity contribution >= 4 is 16.6 Å². The topological polar surface area (TPSA) is 87.3 Å². The van der Waals surface area contributed by atoms with Crippen molar-refractivity contribution in [2.75, 3.05) is 6.26 Å². The van der Waals surface area contributed by atoms with Crippen LogP contribution in [0.4, 0.5) is 5.82 Å². The molecule has 0 aliphatic carbocycles. The molecule has 0 amide bonds. The maximum atomic E-state index is 11.5. The summed E-state index contributed by atoms with van der Waals surface area (Å²) in [6.45, 7) is 4.26. The Kier molecular flexibility index (Phi) is 4.92. The number of aromatic nitrogens is 2. The second-order valence-corrected chi connectivity index (χ2v) is 6.05. The highest BCUT2D eigenvalue weighted by atomic mass is 32.2. The third kappa shape index (κ3) is 3.33. The first-order valence-corrected chi connectivity index (χ1v) is 8.25. The van der Waals surface area contributed by atoms with E-state index in [9.17, 15) is 14.3 Å². The number of ether oxygens (including phenoxy) is 1. The Hall–Kier alpha value is -2.22. The second kappa shape index (κ2) is 6.69. The van der Waals surface area contributed by atoms with Crippen LogP contribution in [0.2, 0.25) is 0 Å². The first-order chi connectivity index (χ1) is 10.4. The number of nitro groups is 1. The Bertz CT molecular complexity index is 727. The zero-order valence-corrected chi connectivity index (χ0v) is 13.4. The SMILES string of the molecule is CCn1c([N+](=O)[O-])cnc1COc1ccc(S(C)=O)c(C)c1. The zero-order chi connectivity index (χ0) is 16.3. The third-order valence-electron chi connectivity index (χ3n) is 3.24. The summed E-state index contributed by atoms with van der Waals surface area (Å²) in [6.07, 6.45) is 2.86. The highest BCUT2D eigenvalue weighted by molar-refractivity contribution is 7.84. The molecule has 0 saturated carbocycles. The van der Waals surface area contributed by atoms with Crippen molar-refractivity contribution in [2.24, 2.45) is 0 Å². The van der Waals surface area contributed by atoms with Gasteiger partial charge in [0.05, 0.1) is 17.3 Å². The molecule has 0 bridgehead atoms. The average Bonchev–Trinajstić information content (AvgIpc) is 2.87. The third-order valence-corrected chi connectivity index (χ3v) is 4.32. The van der Waals surface area contributed by atoms with Gasteiger partial charge in [0.1, 0.15) is 11.9 Å². The molecule has 118 valence electrons. The van der Waals surface area contributed by atoms with Gasteiger partial charge in [0.25, 0.3) is 0 Å². The summed E-state index contributed by atoms with van der Waals surface area (Å²) in [6, 6.07) is 5.29. The van der Waals surface area contributed by atoms with Gasteiger partial charge in [0.2, 0.25) is 5.82 Å². The van der Waals surface area contributed by atoms with Crippen LogP contribution < -0.4 is 4.74 Å². The number of benzene rings is 1. The summed E-state index contributed by atoms with van der Waals surface area (Å²) < 4.78 is 18.6. The summed E-state index contributed by atoms with van der Waals surface area (Å²) in [5, 5.41) is 10.9. The van der Waals surface area contributed by atoms with Crippen LogP contribution in [0, 0.1) is 17.0 Å². The van der Waals surface area contributed by atoms with Crippen LogP contribution >= 0.6 is 0 Å². The van der Waals surface area contributed by atoms with Crippen molar-refractivity contribution in [3.05, 3.63) is 45.9 Å². The van der Waals surface area contributed by atoms with Crippen LogP contribution in [-0.4, -0.2) is 24.9 Å². The van der Waals surface area contributed by atoms with Gasteiger partial charge in [-0.15, -0.1) is 0 Å². The Morgan fingerprint density at radius 3 is 2.73 bits per heavy atom. The fourth-order valence-electron chi connectivity index (χ4n) is 2.19. The molecule has 0 aliphatic heterocycles. The average molecular weight is 323 g/mol. The molecule has 0 spiro atoms. The van der Waals surface area contributed by atoms with Gasteiger partial charge in [0, 0.05) is 11.2 Å². The lowest BCUT2D eigenvalue weighted by molar-refractivity contribution is -0.392. The Balaban J connectivity index is 2.15. The summed E-state index contributed by atoms with van der Waals surface area (Å²) in [5.74, 6) is 1.06. The molecule has 2 rings (SSSR count). The smallest absolute Gasteiger partial charge is 0.342 e. The molecule has 2 aromatic rings. The quantitative estimate of drug-likeness (QED) is 0.602. The van der Waals surface area contributed by atoms with Gasteiger partial charge >= 0.3 is 5.82 Å². The van der Waals surface area contributed by atoms with E-state index in [1.807, 2.05) is 13.8 Å². The Labute approximate surface area is 130 Å². The van der Waals surface area contributed by atoms with E-state index in [0.717, 1.165) is 10.5 Å². The van der Waals surface area contributed by atoms with Crippen LogP contribution in [0.3, 0.4) is 0 Å². The van der Waals surface area contributed by atoms with Crippen LogP contribution in [0.5, 0.6) is 5.75 Å². The molecule has 0 saturated heterocycles. The highest BCUT2D eigenvalue weighted by Gasteiger charge is 2.19. The van der Waals surface area contributed by atoms with Crippen LogP contribution in [0.25, 0.3) is 0 Å². The van der Waals surface area contributed by atoms with Crippen molar-refractivity contribution in [1.29, 1.82) is 0 Å².